The zero-order valence-corrected chi connectivity index (χ0v) is 29.2. The minimum absolute atomic E-state index is 0.0606. The van der Waals surface area contributed by atoms with E-state index in [4.69, 9.17) is 49.0 Å². The third-order valence-electron chi connectivity index (χ3n) is 6.68. The number of ether oxygens (including phenoxy) is 3. The number of Topliss-reactive ketones (excluding diaryl/α,β-unsaturated/α-hetero) is 1. The van der Waals surface area contributed by atoms with Gasteiger partial charge < -0.3 is 40.0 Å². The first-order valence-electron chi connectivity index (χ1n) is 14.7. The third-order valence-corrected chi connectivity index (χ3v) is 7.19. The molecule has 274 valence electrons. The fraction of sp³-hybridized carbons (Fsp3) is 0.355. The van der Waals surface area contributed by atoms with E-state index < -0.39 is 75.1 Å². The van der Waals surface area contributed by atoms with Crippen LogP contribution in [0.1, 0.15) is 49.2 Å². The Balaban J connectivity index is 1.51. The number of halogens is 3. The van der Waals surface area contributed by atoms with Crippen LogP contribution in [0.25, 0.3) is 0 Å². The number of carboxylic acid groups (broad SMARTS) is 2. The summed E-state index contributed by atoms with van der Waals surface area (Å²) in [6.07, 6.45) is -2.30. The van der Waals surface area contributed by atoms with Gasteiger partial charge in [0.2, 0.25) is 11.7 Å². The average Bonchev–Trinajstić information content (AvgIpc) is 3.02. The Hall–Kier alpha value is -5.13. The number of alkyl carbamates (subject to hydrolysis) is 1. The molecule has 5 N–H and O–H groups in total. The van der Waals surface area contributed by atoms with Crippen molar-refractivity contribution in [2.45, 2.75) is 54.7 Å². The van der Waals surface area contributed by atoms with Gasteiger partial charge in [0.15, 0.2) is 6.04 Å². The molecule has 3 unspecified atom stereocenters. The normalized spacial score (nSPS) is 15.3. The molecule has 2 aromatic rings. The predicted octanol–water partition coefficient (Wildman–Crippen LogP) is 2.75. The van der Waals surface area contributed by atoms with E-state index in [2.05, 4.69) is 10.6 Å². The standard InChI is InChI=1S/C31H31Cl3N4O13/c1-30(2,3)51-29(48)36-19(25(42)43)12-13-49-17-8-6-16(7-9-17)22(39)23(40)35-20-14-38(24(20)41)21(26(44)45)15-4-10-18(11-5-15)50-28(47)37-27(46)31(32,33)34/h4-11,19-21H,12-14H2,1-3H3,(H,35,40)(H,36,48)(H,42,43)(H,44,45)(H,37,46,47). The van der Waals surface area contributed by atoms with Crippen LogP contribution < -0.4 is 25.4 Å². The zero-order chi connectivity index (χ0) is 38.3. The molecule has 0 bridgehead atoms. The predicted molar refractivity (Wildman–Crippen MR) is 177 cm³/mol. The van der Waals surface area contributed by atoms with Crippen molar-refractivity contribution in [3.05, 3.63) is 59.7 Å². The lowest BCUT2D eigenvalue weighted by Crippen LogP contribution is -2.66. The summed E-state index contributed by atoms with van der Waals surface area (Å²) in [5.74, 6) is -6.76. The van der Waals surface area contributed by atoms with Crippen molar-refractivity contribution < 1.29 is 62.8 Å². The summed E-state index contributed by atoms with van der Waals surface area (Å²) >= 11 is 16.1. The van der Waals surface area contributed by atoms with E-state index in [-0.39, 0.29) is 42.2 Å². The van der Waals surface area contributed by atoms with Crippen LogP contribution in [-0.4, -0.2) is 97.4 Å². The maximum absolute atomic E-state index is 12.8. The van der Waals surface area contributed by atoms with Gasteiger partial charge in [-0.1, -0.05) is 46.9 Å². The number of benzene rings is 2. The molecule has 0 radical (unpaired) electrons. The van der Waals surface area contributed by atoms with Gasteiger partial charge in [0.05, 0.1) is 13.2 Å². The van der Waals surface area contributed by atoms with Crippen LogP contribution in [0.3, 0.4) is 0 Å². The number of carbonyl (C=O) groups excluding carboxylic acids is 6. The van der Waals surface area contributed by atoms with Gasteiger partial charge >= 0.3 is 24.1 Å². The lowest BCUT2D eigenvalue weighted by atomic mass is 9.98. The first-order valence-corrected chi connectivity index (χ1v) is 15.8. The van der Waals surface area contributed by atoms with Gasteiger partial charge in [-0.2, -0.15) is 0 Å². The second-order valence-electron chi connectivity index (χ2n) is 11.7. The maximum Gasteiger partial charge on any atom is 0.419 e. The number of ketones is 1. The van der Waals surface area contributed by atoms with Crippen molar-refractivity contribution in [1.29, 1.82) is 0 Å². The Bertz CT molecular complexity index is 1690. The fourth-order valence-corrected chi connectivity index (χ4v) is 4.46. The number of likely N-dealkylation sites (tertiary alicyclic amines) is 1. The number of carbonyl (C=O) groups is 8. The molecular weight excluding hydrogens is 743 g/mol. The second kappa shape index (κ2) is 16.7. The van der Waals surface area contributed by atoms with Crippen molar-refractivity contribution >= 4 is 82.4 Å². The molecule has 0 aromatic heterocycles. The highest BCUT2D eigenvalue weighted by Gasteiger charge is 2.45. The number of carboxylic acids is 2. The largest absolute Gasteiger partial charge is 0.494 e. The first-order chi connectivity index (χ1) is 23.7. The Morgan fingerprint density at radius 2 is 1.47 bits per heavy atom. The van der Waals surface area contributed by atoms with Gasteiger partial charge in [-0.3, -0.25) is 24.5 Å². The molecule has 5 amide bonds. The molecule has 1 heterocycles. The number of aliphatic carboxylic acids is 2. The number of amides is 5. The quantitative estimate of drug-likeness (QED) is 0.0852. The number of rotatable bonds is 13. The van der Waals surface area contributed by atoms with Crippen molar-refractivity contribution in [1.82, 2.24) is 20.9 Å². The summed E-state index contributed by atoms with van der Waals surface area (Å²) in [5, 5.41) is 25.4. The van der Waals surface area contributed by atoms with E-state index in [1.54, 1.807) is 26.1 Å². The summed E-state index contributed by atoms with van der Waals surface area (Å²) in [7, 11) is 0. The van der Waals surface area contributed by atoms with E-state index in [1.165, 1.54) is 48.5 Å². The number of hydrogen-bond acceptors (Lipinski definition) is 11. The van der Waals surface area contributed by atoms with Gasteiger partial charge in [0.1, 0.15) is 29.2 Å². The summed E-state index contributed by atoms with van der Waals surface area (Å²) in [6, 6.07) is 6.17. The van der Waals surface area contributed by atoms with Crippen molar-refractivity contribution in [3.63, 3.8) is 0 Å². The minimum Gasteiger partial charge on any atom is -0.494 e. The van der Waals surface area contributed by atoms with Crippen LogP contribution in [-0.2, 0) is 28.7 Å². The van der Waals surface area contributed by atoms with Crippen molar-refractivity contribution in [2.75, 3.05) is 13.2 Å². The lowest BCUT2D eigenvalue weighted by molar-refractivity contribution is -0.160. The topological polar surface area (TPSA) is 244 Å². The SMILES string of the molecule is CC(C)(C)OC(=O)NC(CCOc1ccc(C(=O)C(=O)NC2CN(C(C(=O)O)c3ccc(OC(=O)NC(=O)C(Cl)(Cl)Cl)cc3)C2=O)cc1)C(=O)O. The van der Waals surface area contributed by atoms with Crippen molar-refractivity contribution in [2.24, 2.45) is 0 Å². The number of β-lactam (4-membered cyclic amide) rings is 1. The highest BCUT2D eigenvalue weighted by atomic mass is 35.6. The number of nitrogens with zero attached hydrogens (tertiary/aromatic N) is 1. The van der Waals surface area contributed by atoms with Gasteiger partial charge in [-0.05, 0) is 62.7 Å². The molecule has 1 fully saturated rings. The molecular formula is C31H31Cl3N4O13. The maximum atomic E-state index is 12.8. The van der Waals surface area contributed by atoms with Crippen LogP contribution in [0, 0.1) is 0 Å². The van der Waals surface area contributed by atoms with Crippen LogP contribution in [0.5, 0.6) is 11.5 Å². The molecule has 1 aliphatic heterocycles. The lowest BCUT2D eigenvalue weighted by Gasteiger charge is -2.42. The van der Waals surface area contributed by atoms with E-state index in [1.807, 2.05) is 0 Å². The molecule has 20 heteroatoms. The molecule has 0 saturated carbocycles. The fourth-order valence-electron chi connectivity index (χ4n) is 4.32. The van der Waals surface area contributed by atoms with Crippen LogP contribution in [0.4, 0.5) is 9.59 Å². The van der Waals surface area contributed by atoms with E-state index >= 15 is 0 Å². The first kappa shape index (κ1) is 40.3. The van der Waals surface area contributed by atoms with Crippen molar-refractivity contribution in [3.8, 4) is 11.5 Å². The minimum atomic E-state index is -2.42. The van der Waals surface area contributed by atoms with Crippen LogP contribution in [0.2, 0.25) is 0 Å². The molecule has 1 aliphatic rings. The summed E-state index contributed by atoms with van der Waals surface area (Å²) in [5.41, 5.74) is -0.786. The number of alkyl halides is 3. The number of hydrogen-bond donors (Lipinski definition) is 5. The van der Waals surface area contributed by atoms with Gasteiger partial charge in [-0.25, -0.2) is 19.2 Å². The summed E-state index contributed by atoms with van der Waals surface area (Å²) in [6.45, 7) is 4.50. The van der Waals surface area contributed by atoms with Gasteiger partial charge in [0, 0.05) is 12.0 Å². The number of nitrogens with one attached hydrogen (secondary N) is 3. The molecule has 51 heavy (non-hydrogen) atoms. The van der Waals surface area contributed by atoms with Crippen LogP contribution >= 0.6 is 34.8 Å². The molecule has 17 nitrogen and oxygen atoms in total. The molecule has 2 aromatic carbocycles. The average molecular weight is 774 g/mol. The van der Waals surface area contributed by atoms with Crippen LogP contribution in [0.15, 0.2) is 48.5 Å². The molecule has 0 spiro atoms. The smallest absolute Gasteiger partial charge is 0.419 e. The third kappa shape index (κ3) is 11.7. The monoisotopic (exact) mass is 772 g/mol. The zero-order valence-electron chi connectivity index (χ0n) is 26.9. The van der Waals surface area contributed by atoms with E-state index in [9.17, 15) is 48.6 Å². The molecule has 0 aliphatic carbocycles. The highest BCUT2D eigenvalue weighted by molar-refractivity contribution is 6.76. The molecule has 3 atom stereocenters. The van der Waals surface area contributed by atoms with E-state index in [0.717, 1.165) is 4.90 Å². The Kier molecular flexibility index (Phi) is 13.2. The Morgan fingerprint density at radius 3 is 1.98 bits per heavy atom. The Morgan fingerprint density at radius 1 is 0.882 bits per heavy atom. The number of imide groups is 1. The van der Waals surface area contributed by atoms with Gasteiger partial charge in [0.25, 0.3) is 15.6 Å². The second-order valence-corrected chi connectivity index (χ2v) is 14.0. The van der Waals surface area contributed by atoms with E-state index in [0.29, 0.717) is 0 Å². The summed E-state index contributed by atoms with van der Waals surface area (Å²) < 4.78 is 13.0. The Labute approximate surface area is 304 Å². The molecule has 1 saturated heterocycles. The molecule has 3 rings (SSSR count). The summed E-state index contributed by atoms with van der Waals surface area (Å²) in [4.78, 5) is 98.0. The highest BCUT2D eigenvalue weighted by Crippen LogP contribution is 2.29. The van der Waals surface area contributed by atoms with Gasteiger partial charge in [-0.15, -0.1) is 0 Å².